The van der Waals surface area contributed by atoms with E-state index < -0.39 is 0 Å². The molecule has 1 heterocycles. The van der Waals surface area contributed by atoms with Gasteiger partial charge in [0.2, 0.25) is 0 Å². The topological polar surface area (TPSA) is 105 Å². The number of hydrogen-bond donors (Lipinski definition) is 1. The normalized spacial score (nSPS) is 13.8. The van der Waals surface area contributed by atoms with Crippen LogP contribution in [0.15, 0.2) is 23.8 Å². The first-order valence-corrected chi connectivity index (χ1v) is 9.40. The molecular formula is C23H22N4O2. The van der Waals surface area contributed by atoms with E-state index in [4.69, 9.17) is 15.2 Å². The lowest BCUT2D eigenvalue weighted by Crippen LogP contribution is -2.03. The average Bonchev–Trinajstić information content (AvgIpc) is 2.95. The standard InChI is InChI=1S/C23H22N4O2/c1-5-28-19-8-7-15(10-20(19)29-6-2)9-16-13(3)17(11-24)22-21(16)14(4)18(12-25)23(26)27-22/h7-10H,5-6H2,1-4H3,(H2,26,27)/b16-9+. The van der Waals surface area contributed by atoms with Gasteiger partial charge in [0.25, 0.3) is 0 Å². The lowest BCUT2D eigenvalue weighted by molar-refractivity contribution is 0.287. The molecule has 3 rings (SSSR count). The second kappa shape index (κ2) is 8.08. The average molecular weight is 386 g/mol. The second-order valence-corrected chi connectivity index (χ2v) is 6.57. The van der Waals surface area contributed by atoms with Crippen molar-refractivity contribution in [1.29, 1.82) is 10.5 Å². The van der Waals surface area contributed by atoms with Crippen LogP contribution in [0.3, 0.4) is 0 Å². The SMILES string of the molecule is CCOc1ccc(/C=C2\C(C)=C(C#N)c3nc(N)c(C#N)c(C)c32)cc1OCC. The van der Waals surface area contributed by atoms with Crippen LogP contribution < -0.4 is 15.2 Å². The first kappa shape index (κ1) is 20.0. The number of pyridine rings is 1. The fourth-order valence-corrected chi connectivity index (χ4v) is 3.52. The molecule has 6 nitrogen and oxygen atoms in total. The molecule has 0 saturated heterocycles. The van der Waals surface area contributed by atoms with E-state index in [1.165, 1.54) is 0 Å². The van der Waals surface area contributed by atoms with Gasteiger partial charge in [-0.2, -0.15) is 10.5 Å². The molecule has 0 aliphatic heterocycles. The van der Waals surface area contributed by atoms with E-state index in [-0.39, 0.29) is 5.82 Å². The summed E-state index contributed by atoms with van der Waals surface area (Å²) < 4.78 is 11.3. The molecule has 1 aliphatic rings. The fraction of sp³-hybridized carbons (Fsp3) is 0.261. The third kappa shape index (κ3) is 3.41. The molecular weight excluding hydrogens is 364 g/mol. The number of rotatable bonds is 5. The van der Waals surface area contributed by atoms with Crippen LogP contribution in [0.5, 0.6) is 11.5 Å². The highest BCUT2D eigenvalue weighted by Gasteiger charge is 2.29. The molecule has 0 unspecified atom stereocenters. The summed E-state index contributed by atoms with van der Waals surface area (Å²) in [7, 11) is 0. The molecule has 1 aromatic carbocycles. The molecule has 29 heavy (non-hydrogen) atoms. The maximum atomic E-state index is 9.67. The van der Waals surface area contributed by atoms with Crippen LogP contribution in [0.1, 0.15) is 48.7 Å². The van der Waals surface area contributed by atoms with Gasteiger partial charge in [0, 0.05) is 5.56 Å². The minimum absolute atomic E-state index is 0.144. The van der Waals surface area contributed by atoms with Crippen LogP contribution in [-0.4, -0.2) is 18.2 Å². The zero-order valence-electron chi connectivity index (χ0n) is 17.0. The summed E-state index contributed by atoms with van der Waals surface area (Å²) in [5.74, 6) is 1.49. The van der Waals surface area contributed by atoms with Crippen molar-refractivity contribution in [3.05, 3.63) is 51.7 Å². The number of anilines is 1. The molecule has 0 bridgehead atoms. The van der Waals surface area contributed by atoms with E-state index in [1.54, 1.807) is 0 Å². The van der Waals surface area contributed by atoms with Gasteiger partial charge in [-0.05, 0) is 68.2 Å². The fourth-order valence-electron chi connectivity index (χ4n) is 3.52. The Morgan fingerprint density at radius 3 is 2.38 bits per heavy atom. The van der Waals surface area contributed by atoms with Gasteiger partial charge in [-0.1, -0.05) is 6.07 Å². The Hall–Kier alpha value is -3.77. The largest absolute Gasteiger partial charge is 0.490 e. The maximum Gasteiger partial charge on any atom is 0.161 e. The Kier molecular flexibility index (Phi) is 5.57. The van der Waals surface area contributed by atoms with Crippen molar-refractivity contribution in [2.75, 3.05) is 18.9 Å². The number of fused-ring (bicyclic) bond motifs is 1. The molecule has 0 atom stereocenters. The highest BCUT2D eigenvalue weighted by molar-refractivity contribution is 6.08. The predicted octanol–water partition coefficient (Wildman–Crippen LogP) is 4.49. The van der Waals surface area contributed by atoms with Gasteiger partial charge >= 0.3 is 0 Å². The molecule has 2 N–H and O–H groups in total. The van der Waals surface area contributed by atoms with Crippen LogP contribution in [0, 0.1) is 29.6 Å². The zero-order chi connectivity index (χ0) is 21.1. The second-order valence-electron chi connectivity index (χ2n) is 6.57. The summed E-state index contributed by atoms with van der Waals surface area (Å²) in [4.78, 5) is 4.35. The van der Waals surface area contributed by atoms with E-state index in [9.17, 15) is 10.5 Å². The van der Waals surface area contributed by atoms with Crippen molar-refractivity contribution < 1.29 is 9.47 Å². The van der Waals surface area contributed by atoms with Crippen molar-refractivity contribution >= 4 is 23.0 Å². The minimum Gasteiger partial charge on any atom is -0.490 e. The van der Waals surface area contributed by atoms with Gasteiger partial charge < -0.3 is 15.2 Å². The van der Waals surface area contributed by atoms with Crippen LogP contribution in [0.2, 0.25) is 0 Å². The molecule has 2 aromatic rings. The number of aromatic nitrogens is 1. The van der Waals surface area contributed by atoms with Crippen molar-refractivity contribution in [2.24, 2.45) is 0 Å². The van der Waals surface area contributed by atoms with E-state index >= 15 is 0 Å². The third-order valence-electron chi connectivity index (χ3n) is 4.86. The summed E-state index contributed by atoms with van der Waals surface area (Å²) in [5.41, 5.74) is 11.3. The zero-order valence-corrected chi connectivity index (χ0v) is 17.0. The molecule has 0 spiro atoms. The van der Waals surface area contributed by atoms with Crippen LogP contribution in [0.25, 0.3) is 17.2 Å². The monoisotopic (exact) mass is 386 g/mol. The molecule has 146 valence electrons. The van der Waals surface area contributed by atoms with Gasteiger partial charge in [0.05, 0.1) is 30.0 Å². The van der Waals surface area contributed by atoms with Gasteiger partial charge in [0.1, 0.15) is 18.0 Å². The van der Waals surface area contributed by atoms with Crippen LogP contribution >= 0.6 is 0 Å². The quantitative estimate of drug-likeness (QED) is 0.811. The molecule has 6 heteroatoms. The van der Waals surface area contributed by atoms with Crippen LogP contribution in [-0.2, 0) is 0 Å². The summed E-state index contributed by atoms with van der Waals surface area (Å²) in [6.07, 6.45) is 1.97. The van der Waals surface area contributed by atoms with E-state index in [0.29, 0.717) is 41.5 Å². The minimum atomic E-state index is 0.144. The Bertz CT molecular complexity index is 1130. The van der Waals surface area contributed by atoms with Crippen molar-refractivity contribution in [2.45, 2.75) is 27.7 Å². The third-order valence-corrected chi connectivity index (χ3v) is 4.86. The number of allylic oxidation sites excluding steroid dienone is 3. The lowest BCUT2D eigenvalue weighted by atomic mass is 9.95. The molecule has 1 aliphatic carbocycles. The number of nitrogen functional groups attached to an aromatic ring is 1. The van der Waals surface area contributed by atoms with Gasteiger partial charge in [-0.15, -0.1) is 0 Å². The number of nitriles is 2. The summed E-state index contributed by atoms with van der Waals surface area (Å²) in [5, 5.41) is 19.1. The van der Waals surface area contributed by atoms with Gasteiger partial charge in [0.15, 0.2) is 11.5 Å². The van der Waals surface area contributed by atoms with Crippen molar-refractivity contribution in [3.63, 3.8) is 0 Å². The summed E-state index contributed by atoms with van der Waals surface area (Å²) in [6.45, 7) is 8.63. The van der Waals surface area contributed by atoms with E-state index in [2.05, 4.69) is 17.1 Å². The number of benzene rings is 1. The van der Waals surface area contributed by atoms with E-state index in [1.807, 2.05) is 52.0 Å². The van der Waals surface area contributed by atoms with Gasteiger partial charge in [-0.3, -0.25) is 0 Å². The lowest BCUT2D eigenvalue weighted by Gasteiger charge is -2.13. The first-order valence-electron chi connectivity index (χ1n) is 9.40. The Morgan fingerprint density at radius 1 is 1.07 bits per heavy atom. The predicted molar refractivity (Wildman–Crippen MR) is 113 cm³/mol. The highest BCUT2D eigenvalue weighted by Crippen LogP contribution is 2.44. The number of nitrogens with zero attached hydrogens (tertiary/aromatic N) is 3. The number of ether oxygens (including phenoxy) is 2. The highest BCUT2D eigenvalue weighted by atomic mass is 16.5. The Labute approximate surface area is 170 Å². The van der Waals surface area contributed by atoms with E-state index in [0.717, 1.165) is 27.8 Å². The molecule has 0 radical (unpaired) electrons. The molecule has 0 amide bonds. The number of hydrogen-bond acceptors (Lipinski definition) is 6. The maximum absolute atomic E-state index is 9.67. The Balaban J connectivity index is 2.22. The Morgan fingerprint density at radius 2 is 1.76 bits per heavy atom. The van der Waals surface area contributed by atoms with Gasteiger partial charge in [-0.25, -0.2) is 4.98 Å². The van der Waals surface area contributed by atoms with Crippen molar-refractivity contribution in [3.8, 4) is 23.6 Å². The summed E-state index contributed by atoms with van der Waals surface area (Å²) >= 11 is 0. The number of nitrogens with two attached hydrogens (primary N) is 1. The summed E-state index contributed by atoms with van der Waals surface area (Å²) in [6, 6.07) is 10.1. The molecule has 0 fully saturated rings. The van der Waals surface area contributed by atoms with Crippen molar-refractivity contribution in [1.82, 2.24) is 4.98 Å². The first-order chi connectivity index (χ1) is 14.0. The molecule has 1 aromatic heterocycles. The smallest absolute Gasteiger partial charge is 0.161 e. The van der Waals surface area contributed by atoms with Crippen LogP contribution in [0.4, 0.5) is 5.82 Å². The molecule has 0 saturated carbocycles.